The van der Waals surface area contributed by atoms with Crippen LogP contribution in [0.3, 0.4) is 0 Å². The predicted octanol–water partition coefficient (Wildman–Crippen LogP) is 1.18. The first-order valence-corrected chi connectivity index (χ1v) is 5.93. The second-order valence-corrected chi connectivity index (χ2v) is 4.58. The zero-order valence-corrected chi connectivity index (χ0v) is 9.43. The fourth-order valence-corrected chi connectivity index (χ4v) is 2.77. The lowest BCUT2D eigenvalue weighted by Crippen LogP contribution is -2.50. The fraction of sp³-hybridized carbons (Fsp3) is 0.833. The Kier molecular flexibility index (Phi) is 3.78. The summed E-state index contributed by atoms with van der Waals surface area (Å²) in [5.41, 5.74) is 0. The molecule has 15 heavy (non-hydrogen) atoms. The number of hydrogen-bond donors (Lipinski definition) is 1. The largest absolute Gasteiger partial charge is 0.388 e. The summed E-state index contributed by atoms with van der Waals surface area (Å²) >= 11 is 0. The van der Waals surface area contributed by atoms with Gasteiger partial charge in [0, 0.05) is 26.2 Å². The topological polar surface area (TPSA) is 32.7 Å². The monoisotopic (exact) mass is 211 g/mol. The van der Waals surface area contributed by atoms with Gasteiger partial charge in [0.05, 0.1) is 12.2 Å². The van der Waals surface area contributed by atoms with Gasteiger partial charge >= 0.3 is 0 Å². The van der Waals surface area contributed by atoms with E-state index in [2.05, 4.69) is 11.0 Å². The molecule has 1 aliphatic heterocycles. The van der Waals surface area contributed by atoms with Gasteiger partial charge in [0.2, 0.25) is 0 Å². The molecule has 0 aromatic carbocycles. The van der Waals surface area contributed by atoms with E-state index in [-0.39, 0.29) is 6.10 Å². The number of methoxy groups -OCH3 is 1. The average Bonchev–Trinajstić information content (AvgIpc) is 2.29. The molecule has 0 spiro atoms. The van der Waals surface area contributed by atoms with Crippen molar-refractivity contribution in [3.63, 3.8) is 0 Å². The molecular weight excluding hydrogens is 190 g/mol. The molecule has 1 aliphatic carbocycles. The molecule has 3 atom stereocenters. The van der Waals surface area contributed by atoms with Gasteiger partial charge in [-0.3, -0.25) is 4.90 Å². The van der Waals surface area contributed by atoms with Crippen molar-refractivity contribution in [2.75, 3.05) is 20.2 Å². The second-order valence-electron chi connectivity index (χ2n) is 4.58. The molecule has 0 saturated heterocycles. The van der Waals surface area contributed by atoms with Crippen molar-refractivity contribution in [2.24, 2.45) is 0 Å². The lowest BCUT2D eigenvalue weighted by atomic mass is 9.90. The van der Waals surface area contributed by atoms with Crippen molar-refractivity contribution in [1.29, 1.82) is 0 Å². The van der Waals surface area contributed by atoms with Gasteiger partial charge in [-0.25, -0.2) is 0 Å². The molecule has 1 saturated carbocycles. The molecule has 3 heteroatoms. The second kappa shape index (κ2) is 5.10. The average molecular weight is 211 g/mol. The van der Waals surface area contributed by atoms with Gasteiger partial charge in [0.15, 0.2) is 0 Å². The normalized spacial score (nSPS) is 38.1. The summed E-state index contributed by atoms with van der Waals surface area (Å²) in [6.45, 7) is 1.72. The molecule has 3 unspecified atom stereocenters. The predicted molar refractivity (Wildman–Crippen MR) is 59.8 cm³/mol. The Bertz CT molecular complexity index is 230. The standard InChI is InChI=1S/C12H21NO2/c1-15-12-7-3-2-6-11(12)13-8-4-5-10(14)9-13/h4-5,10-12,14H,2-3,6-9H2,1H3. The van der Waals surface area contributed by atoms with Crippen molar-refractivity contribution >= 4 is 0 Å². The van der Waals surface area contributed by atoms with Gasteiger partial charge in [-0.2, -0.15) is 0 Å². The third-order valence-electron chi connectivity index (χ3n) is 3.56. The highest BCUT2D eigenvalue weighted by atomic mass is 16.5. The zero-order chi connectivity index (χ0) is 10.7. The minimum absolute atomic E-state index is 0.293. The molecule has 3 nitrogen and oxygen atoms in total. The van der Waals surface area contributed by atoms with E-state index in [1.807, 2.05) is 6.08 Å². The highest BCUT2D eigenvalue weighted by Crippen LogP contribution is 2.26. The van der Waals surface area contributed by atoms with Crippen LogP contribution in [0, 0.1) is 0 Å². The third-order valence-corrected chi connectivity index (χ3v) is 3.56. The Morgan fingerprint density at radius 3 is 2.87 bits per heavy atom. The Labute approximate surface area is 91.7 Å². The highest BCUT2D eigenvalue weighted by Gasteiger charge is 2.31. The number of ether oxygens (including phenoxy) is 1. The van der Waals surface area contributed by atoms with Gasteiger partial charge in [-0.1, -0.05) is 25.0 Å². The molecule has 2 rings (SSSR count). The first-order valence-electron chi connectivity index (χ1n) is 5.93. The Balaban J connectivity index is 1.98. The summed E-state index contributed by atoms with van der Waals surface area (Å²) < 4.78 is 5.54. The molecular formula is C12H21NO2. The zero-order valence-electron chi connectivity index (χ0n) is 9.43. The van der Waals surface area contributed by atoms with Crippen molar-refractivity contribution in [3.8, 4) is 0 Å². The summed E-state index contributed by atoms with van der Waals surface area (Å²) in [5.74, 6) is 0. The summed E-state index contributed by atoms with van der Waals surface area (Å²) in [4.78, 5) is 2.36. The Hall–Kier alpha value is -0.380. The van der Waals surface area contributed by atoms with Gasteiger partial charge in [0.1, 0.15) is 0 Å². The van der Waals surface area contributed by atoms with Crippen molar-refractivity contribution < 1.29 is 9.84 Å². The molecule has 1 heterocycles. The maximum absolute atomic E-state index is 9.60. The van der Waals surface area contributed by atoms with Crippen LogP contribution in [-0.4, -0.2) is 48.5 Å². The van der Waals surface area contributed by atoms with E-state index in [0.29, 0.717) is 12.1 Å². The van der Waals surface area contributed by atoms with E-state index >= 15 is 0 Å². The van der Waals surface area contributed by atoms with Crippen LogP contribution in [0.5, 0.6) is 0 Å². The number of aliphatic hydroxyl groups is 1. The summed E-state index contributed by atoms with van der Waals surface area (Å²) in [6, 6.07) is 0.503. The van der Waals surface area contributed by atoms with Crippen LogP contribution in [0.25, 0.3) is 0 Å². The molecule has 1 fully saturated rings. The number of rotatable bonds is 2. The lowest BCUT2D eigenvalue weighted by Gasteiger charge is -2.40. The molecule has 0 aromatic rings. The third kappa shape index (κ3) is 2.60. The summed E-state index contributed by atoms with van der Waals surface area (Å²) in [5, 5.41) is 9.60. The van der Waals surface area contributed by atoms with E-state index in [0.717, 1.165) is 19.5 Å². The smallest absolute Gasteiger partial charge is 0.0848 e. The van der Waals surface area contributed by atoms with Gasteiger partial charge in [0.25, 0.3) is 0 Å². The van der Waals surface area contributed by atoms with E-state index in [9.17, 15) is 5.11 Å². The highest BCUT2D eigenvalue weighted by molar-refractivity contribution is 5.00. The quantitative estimate of drug-likeness (QED) is 0.696. The Morgan fingerprint density at radius 1 is 1.33 bits per heavy atom. The van der Waals surface area contributed by atoms with E-state index < -0.39 is 0 Å². The lowest BCUT2D eigenvalue weighted by molar-refractivity contribution is -0.0193. The number of β-amino-alcohol motifs (C(OH)–C–C–N with tert-alkyl or cyclic N) is 1. The first kappa shape index (κ1) is 11.1. The van der Waals surface area contributed by atoms with Gasteiger partial charge in [-0.15, -0.1) is 0 Å². The van der Waals surface area contributed by atoms with Gasteiger partial charge in [-0.05, 0) is 12.8 Å². The van der Waals surface area contributed by atoms with E-state index in [4.69, 9.17) is 4.74 Å². The summed E-state index contributed by atoms with van der Waals surface area (Å²) in [6.07, 6.45) is 8.96. The van der Waals surface area contributed by atoms with E-state index in [1.54, 1.807) is 7.11 Å². The Morgan fingerprint density at radius 2 is 2.13 bits per heavy atom. The van der Waals surface area contributed by atoms with Crippen LogP contribution in [0.4, 0.5) is 0 Å². The van der Waals surface area contributed by atoms with Crippen LogP contribution in [0.1, 0.15) is 25.7 Å². The van der Waals surface area contributed by atoms with Crippen molar-refractivity contribution in [3.05, 3.63) is 12.2 Å². The molecule has 0 bridgehead atoms. The maximum Gasteiger partial charge on any atom is 0.0848 e. The first-order chi connectivity index (χ1) is 7.31. The van der Waals surface area contributed by atoms with Crippen LogP contribution >= 0.6 is 0 Å². The molecule has 1 N–H and O–H groups in total. The summed E-state index contributed by atoms with van der Waals surface area (Å²) in [7, 11) is 1.80. The molecule has 0 aromatic heterocycles. The SMILES string of the molecule is COC1CCCCC1N1CC=CC(O)C1. The van der Waals surface area contributed by atoms with Crippen LogP contribution in [0.15, 0.2) is 12.2 Å². The molecule has 86 valence electrons. The number of aliphatic hydroxyl groups excluding tert-OH is 1. The number of nitrogens with zero attached hydrogens (tertiary/aromatic N) is 1. The van der Waals surface area contributed by atoms with E-state index in [1.165, 1.54) is 19.3 Å². The molecule has 2 aliphatic rings. The maximum atomic E-state index is 9.60. The molecule has 0 amide bonds. The van der Waals surface area contributed by atoms with Crippen LogP contribution in [-0.2, 0) is 4.74 Å². The molecule has 0 radical (unpaired) electrons. The van der Waals surface area contributed by atoms with Gasteiger partial charge < -0.3 is 9.84 Å². The van der Waals surface area contributed by atoms with Crippen molar-refractivity contribution in [2.45, 2.75) is 43.9 Å². The van der Waals surface area contributed by atoms with Crippen molar-refractivity contribution in [1.82, 2.24) is 4.90 Å². The minimum Gasteiger partial charge on any atom is -0.388 e. The fourth-order valence-electron chi connectivity index (χ4n) is 2.77. The van der Waals surface area contributed by atoms with Crippen LogP contribution < -0.4 is 0 Å². The minimum atomic E-state index is -0.293. The van der Waals surface area contributed by atoms with Crippen LogP contribution in [0.2, 0.25) is 0 Å². The number of hydrogen-bond acceptors (Lipinski definition) is 3.